The van der Waals surface area contributed by atoms with Gasteiger partial charge in [0.05, 0.1) is 22.8 Å². The number of hydrogen-bond acceptors (Lipinski definition) is 5. The molecule has 0 saturated carbocycles. The van der Waals surface area contributed by atoms with E-state index in [2.05, 4.69) is 6.08 Å². The number of benzene rings is 1. The standard InChI is InChI=1S/C23H32O5/c1-15(8-9-20(26)22(3,4)27)7-6-11-23(5)12-10-17-19(25)13-16(2)18(14-24)21(17)28-23/h7,10,12-14,20,25-27H,6,8-9,11H2,1-5H3. The largest absolute Gasteiger partial charge is 0.507 e. The number of allylic oxidation sites excluding steroid dienone is 2. The van der Waals surface area contributed by atoms with Crippen molar-refractivity contribution in [1.82, 2.24) is 0 Å². The van der Waals surface area contributed by atoms with Crippen LogP contribution in [0.1, 0.15) is 74.9 Å². The van der Waals surface area contributed by atoms with Gasteiger partial charge in [-0.1, -0.05) is 11.6 Å². The first kappa shape index (κ1) is 22.2. The molecule has 0 spiro atoms. The highest BCUT2D eigenvalue weighted by atomic mass is 16.5. The molecule has 1 heterocycles. The summed E-state index contributed by atoms with van der Waals surface area (Å²) in [6, 6.07) is 1.58. The molecular formula is C23H32O5. The van der Waals surface area contributed by atoms with Crippen LogP contribution in [0.15, 0.2) is 23.8 Å². The number of carbonyl (C=O) groups excluding carboxylic acids is 1. The molecule has 2 rings (SSSR count). The lowest BCUT2D eigenvalue weighted by Gasteiger charge is -2.33. The van der Waals surface area contributed by atoms with Crippen molar-refractivity contribution >= 4 is 12.4 Å². The van der Waals surface area contributed by atoms with Crippen LogP contribution in [0, 0.1) is 6.92 Å². The lowest BCUT2D eigenvalue weighted by atomic mass is 9.91. The summed E-state index contributed by atoms with van der Waals surface area (Å²) in [4.78, 5) is 11.5. The van der Waals surface area contributed by atoms with Crippen LogP contribution < -0.4 is 4.74 Å². The van der Waals surface area contributed by atoms with E-state index in [1.807, 2.05) is 26.0 Å². The van der Waals surface area contributed by atoms with Gasteiger partial charge in [-0.25, -0.2) is 0 Å². The molecule has 0 aliphatic carbocycles. The maximum Gasteiger partial charge on any atom is 0.154 e. The second-order valence-corrected chi connectivity index (χ2v) is 8.53. The van der Waals surface area contributed by atoms with Crippen LogP contribution in [0.5, 0.6) is 11.5 Å². The smallest absolute Gasteiger partial charge is 0.154 e. The Labute approximate surface area is 167 Å². The highest BCUT2D eigenvalue weighted by Crippen LogP contribution is 2.41. The zero-order valence-corrected chi connectivity index (χ0v) is 17.5. The van der Waals surface area contributed by atoms with Gasteiger partial charge in [0.25, 0.3) is 0 Å². The van der Waals surface area contributed by atoms with Crippen LogP contribution in [0.4, 0.5) is 0 Å². The van der Waals surface area contributed by atoms with Crippen molar-refractivity contribution in [3.63, 3.8) is 0 Å². The predicted molar refractivity (Wildman–Crippen MR) is 111 cm³/mol. The van der Waals surface area contributed by atoms with Gasteiger partial charge >= 0.3 is 0 Å². The van der Waals surface area contributed by atoms with Crippen LogP contribution in [0.3, 0.4) is 0 Å². The van der Waals surface area contributed by atoms with Gasteiger partial charge in [-0.05, 0) is 84.1 Å². The summed E-state index contributed by atoms with van der Waals surface area (Å²) in [5.41, 5.74) is 1.17. The van der Waals surface area contributed by atoms with Gasteiger partial charge in [0.15, 0.2) is 6.29 Å². The summed E-state index contributed by atoms with van der Waals surface area (Å²) in [7, 11) is 0. The summed E-state index contributed by atoms with van der Waals surface area (Å²) < 4.78 is 6.15. The van der Waals surface area contributed by atoms with Crippen molar-refractivity contribution in [3.8, 4) is 11.5 Å². The Hall–Kier alpha value is -2.11. The summed E-state index contributed by atoms with van der Waals surface area (Å²) in [6.07, 6.45) is 8.56. The number of fused-ring (bicyclic) bond motifs is 1. The Bertz CT molecular complexity index is 785. The summed E-state index contributed by atoms with van der Waals surface area (Å²) in [5.74, 6) is 0.545. The van der Waals surface area contributed by atoms with Gasteiger partial charge in [-0.15, -0.1) is 0 Å². The Kier molecular flexibility index (Phi) is 6.73. The molecule has 3 N–H and O–H groups in total. The normalized spacial score (nSPS) is 20.5. The van der Waals surface area contributed by atoms with Gasteiger partial charge in [-0.3, -0.25) is 4.79 Å². The van der Waals surface area contributed by atoms with E-state index in [0.29, 0.717) is 41.7 Å². The Morgan fingerprint density at radius 3 is 2.68 bits per heavy atom. The van der Waals surface area contributed by atoms with E-state index < -0.39 is 17.3 Å². The second kappa shape index (κ2) is 8.50. The van der Waals surface area contributed by atoms with E-state index >= 15 is 0 Å². The molecule has 0 amide bonds. The first-order chi connectivity index (χ1) is 13.0. The zero-order chi connectivity index (χ0) is 21.1. The van der Waals surface area contributed by atoms with Crippen molar-refractivity contribution in [2.45, 2.75) is 77.6 Å². The SMILES string of the molecule is CC(=CCCC1(C)C=Cc2c(O)cc(C)c(C=O)c2O1)CCC(O)C(C)(C)O. The number of aliphatic hydroxyl groups excluding tert-OH is 1. The van der Waals surface area contributed by atoms with Crippen LogP contribution in [-0.2, 0) is 0 Å². The van der Waals surface area contributed by atoms with Crippen LogP contribution >= 0.6 is 0 Å². The molecule has 1 aliphatic rings. The van der Waals surface area contributed by atoms with Crippen molar-refractivity contribution in [2.75, 3.05) is 0 Å². The van der Waals surface area contributed by atoms with E-state index in [9.17, 15) is 20.1 Å². The lowest BCUT2D eigenvalue weighted by Crippen LogP contribution is -2.35. The van der Waals surface area contributed by atoms with Gasteiger partial charge in [0.1, 0.15) is 17.1 Å². The number of phenolic OH excluding ortho intramolecular Hbond substituents is 1. The minimum atomic E-state index is -1.10. The molecular weight excluding hydrogens is 356 g/mol. The number of carbonyl (C=O) groups is 1. The van der Waals surface area contributed by atoms with Crippen LogP contribution in [-0.4, -0.2) is 38.9 Å². The average Bonchev–Trinajstić information content (AvgIpc) is 2.58. The van der Waals surface area contributed by atoms with E-state index in [1.54, 1.807) is 26.8 Å². The highest BCUT2D eigenvalue weighted by Gasteiger charge is 2.30. The third-order valence-corrected chi connectivity index (χ3v) is 5.36. The molecule has 2 atom stereocenters. The zero-order valence-electron chi connectivity index (χ0n) is 17.5. The number of rotatable bonds is 8. The van der Waals surface area contributed by atoms with E-state index in [0.717, 1.165) is 18.3 Å². The summed E-state index contributed by atoms with van der Waals surface area (Å²) in [5, 5.41) is 29.9. The second-order valence-electron chi connectivity index (χ2n) is 8.53. The average molecular weight is 389 g/mol. The fourth-order valence-corrected chi connectivity index (χ4v) is 3.30. The molecule has 0 radical (unpaired) electrons. The van der Waals surface area contributed by atoms with Gasteiger partial charge in [0, 0.05) is 0 Å². The molecule has 0 saturated heterocycles. The molecule has 1 aliphatic heterocycles. The van der Waals surface area contributed by atoms with E-state index in [-0.39, 0.29) is 5.75 Å². The molecule has 5 heteroatoms. The topological polar surface area (TPSA) is 87.0 Å². The van der Waals surface area contributed by atoms with Crippen LogP contribution in [0.2, 0.25) is 0 Å². The van der Waals surface area contributed by atoms with E-state index in [4.69, 9.17) is 4.74 Å². The van der Waals surface area contributed by atoms with E-state index in [1.165, 1.54) is 0 Å². The molecule has 0 aromatic heterocycles. The quantitative estimate of drug-likeness (QED) is 0.456. The number of hydrogen-bond donors (Lipinski definition) is 3. The first-order valence-corrected chi connectivity index (χ1v) is 9.73. The Balaban J connectivity index is 2.02. The van der Waals surface area contributed by atoms with Gasteiger partial charge in [0.2, 0.25) is 0 Å². The highest BCUT2D eigenvalue weighted by molar-refractivity contribution is 5.87. The number of aldehydes is 1. The van der Waals surface area contributed by atoms with Gasteiger partial charge < -0.3 is 20.1 Å². The van der Waals surface area contributed by atoms with Crippen molar-refractivity contribution < 1.29 is 24.9 Å². The van der Waals surface area contributed by atoms with Gasteiger partial charge in [-0.2, -0.15) is 0 Å². The van der Waals surface area contributed by atoms with Crippen LogP contribution in [0.25, 0.3) is 6.08 Å². The number of ether oxygens (including phenoxy) is 1. The predicted octanol–water partition coefficient (Wildman–Crippen LogP) is 4.32. The first-order valence-electron chi connectivity index (χ1n) is 9.73. The molecule has 1 aromatic carbocycles. The lowest BCUT2D eigenvalue weighted by molar-refractivity contribution is -0.0509. The Morgan fingerprint density at radius 2 is 2.07 bits per heavy atom. The van der Waals surface area contributed by atoms with Crippen molar-refractivity contribution in [1.29, 1.82) is 0 Å². The third kappa shape index (κ3) is 5.24. The Morgan fingerprint density at radius 1 is 1.39 bits per heavy atom. The minimum absolute atomic E-state index is 0.109. The number of aliphatic hydroxyl groups is 2. The maximum atomic E-state index is 11.5. The molecule has 0 fully saturated rings. The molecule has 5 nitrogen and oxygen atoms in total. The number of aryl methyl sites for hydroxylation is 1. The molecule has 0 bridgehead atoms. The van der Waals surface area contributed by atoms with Crippen molar-refractivity contribution in [3.05, 3.63) is 40.5 Å². The molecule has 154 valence electrons. The fourth-order valence-electron chi connectivity index (χ4n) is 3.30. The minimum Gasteiger partial charge on any atom is -0.507 e. The monoisotopic (exact) mass is 388 g/mol. The molecule has 1 aromatic rings. The molecule has 2 unspecified atom stereocenters. The van der Waals surface area contributed by atoms with Crippen molar-refractivity contribution in [2.24, 2.45) is 0 Å². The molecule has 28 heavy (non-hydrogen) atoms. The maximum absolute atomic E-state index is 11.5. The fraction of sp³-hybridized carbons (Fsp3) is 0.522. The number of phenols is 1. The summed E-state index contributed by atoms with van der Waals surface area (Å²) in [6.45, 7) is 8.96. The number of aromatic hydroxyl groups is 1. The third-order valence-electron chi connectivity index (χ3n) is 5.36. The summed E-state index contributed by atoms with van der Waals surface area (Å²) >= 11 is 0.